The van der Waals surface area contributed by atoms with Crippen molar-refractivity contribution in [2.45, 2.75) is 13.0 Å². The molecule has 2 unspecified atom stereocenters. The first-order valence-electron chi connectivity index (χ1n) is 13.0. The molecule has 2 aliphatic rings. The van der Waals surface area contributed by atoms with Gasteiger partial charge in [0, 0.05) is 34.9 Å². The number of aromatic nitrogens is 1. The van der Waals surface area contributed by atoms with Gasteiger partial charge in [-0.15, -0.1) is 0 Å². The summed E-state index contributed by atoms with van der Waals surface area (Å²) < 4.78 is 8.66. The molecule has 0 saturated heterocycles. The van der Waals surface area contributed by atoms with Crippen LogP contribution < -0.4 is 14.9 Å². The number of rotatable bonds is 6. The van der Waals surface area contributed by atoms with E-state index in [2.05, 4.69) is 4.99 Å². The minimum Gasteiger partial charge on any atom is -0.466 e. The van der Waals surface area contributed by atoms with Crippen molar-refractivity contribution >= 4 is 46.7 Å². The summed E-state index contributed by atoms with van der Waals surface area (Å²) in [5.41, 5.74) is 2.97. The molecule has 11 heteroatoms. The quantitative estimate of drug-likeness (QED) is 0.150. The van der Waals surface area contributed by atoms with Crippen LogP contribution in [-0.4, -0.2) is 39.2 Å². The number of carbonyl (C=O) groups excluding carboxylic acids is 1. The van der Waals surface area contributed by atoms with Gasteiger partial charge in [0.05, 0.1) is 33.9 Å². The number of hydrogen-bond donors (Lipinski definition) is 0. The van der Waals surface area contributed by atoms with Crippen LogP contribution >= 0.6 is 11.3 Å². The molecule has 10 nitrogen and oxygen atoms in total. The maximum atomic E-state index is 14.1. The van der Waals surface area contributed by atoms with E-state index in [1.165, 1.54) is 41.2 Å². The van der Waals surface area contributed by atoms with Gasteiger partial charge < -0.3 is 4.74 Å². The Bertz CT molecular complexity index is 2010. The third-order valence-electron chi connectivity index (χ3n) is 7.08. The van der Waals surface area contributed by atoms with E-state index < -0.39 is 16.9 Å². The first kappa shape index (κ1) is 26.9. The number of fused-ring (bicyclic) bond motifs is 1. The van der Waals surface area contributed by atoms with Gasteiger partial charge in [-0.2, -0.15) is 0 Å². The number of esters is 1. The molecular formula is C31H24N5O5S+. The summed E-state index contributed by atoms with van der Waals surface area (Å²) in [6.45, 7) is 1.66. The molecule has 2 aliphatic heterocycles. The Morgan fingerprint density at radius 3 is 2.48 bits per heavy atom. The third kappa shape index (κ3) is 4.79. The highest BCUT2D eigenvalue weighted by atomic mass is 32.1. The van der Waals surface area contributed by atoms with Crippen LogP contribution in [0.25, 0.3) is 6.08 Å². The first-order chi connectivity index (χ1) is 20.4. The van der Waals surface area contributed by atoms with Crippen molar-refractivity contribution in [2.75, 3.05) is 7.11 Å². The molecule has 3 heterocycles. The van der Waals surface area contributed by atoms with E-state index in [1.807, 2.05) is 73.0 Å². The number of ether oxygens (including phenoxy) is 1. The topological polar surface area (TPSA) is 119 Å². The monoisotopic (exact) mass is 578 g/mol. The number of allylic oxidation sites excluding steroid dienone is 1. The van der Waals surface area contributed by atoms with E-state index in [4.69, 9.17) is 9.84 Å². The fourth-order valence-corrected chi connectivity index (χ4v) is 6.20. The molecule has 0 bridgehead atoms. The highest BCUT2D eigenvalue weighted by Crippen LogP contribution is 2.32. The maximum absolute atomic E-state index is 14.1. The van der Waals surface area contributed by atoms with E-state index >= 15 is 0 Å². The molecule has 0 amide bonds. The number of thiazole rings is 1. The molecule has 0 aliphatic carbocycles. The first-order valence-corrected chi connectivity index (χ1v) is 13.9. The van der Waals surface area contributed by atoms with Crippen LogP contribution in [0.1, 0.15) is 24.1 Å². The molecule has 6 rings (SSSR count). The standard InChI is InChI=1S/C31H24N5O5S/c1-19-26(30(38)41-2)28(21-12-9-15-24(16-21)36(39)40)35-29(37)25(42-31(35)32-19)17-22-18-34(23-13-7-4-8-14-23)33-27(22)20-10-5-3-6-11-20/h3-18,22,28H,1-2H3/q+1/b25-17-. The summed E-state index contributed by atoms with van der Waals surface area (Å²) >= 11 is 1.19. The Morgan fingerprint density at radius 2 is 1.79 bits per heavy atom. The van der Waals surface area contributed by atoms with Gasteiger partial charge in [-0.3, -0.25) is 19.5 Å². The number of hydrazone groups is 1. The smallest absolute Gasteiger partial charge is 0.338 e. The third-order valence-corrected chi connectivity index (χ3v) is 8.08. The number of hydrogen-bond acceptors (Lipinski definition) is 8. The summed E-state index contributed by atoms with van der Waals surface area (Å²) in [5, 5.41) is 16.4. The maximum Gasteiger partial charge on any atom is 0.338 e. The van der Waals surface area contributed by atoms with Crippen molar-refractivity contribution < 1.29 is 19.1 Å². The van der Waals surface area contributed by atoms with Crippen molar-refractivity contribution in [2.24, 2.45) is 16.0 Å². The summed E-state index contributed by atoms with van der Waals surface area (Å²) in [6, 6.07) is 24.4. The highest BCUT2D eigenvalue weighted by molar-refractivity contribution is 7.07. The lowest BCUT2D eigenvalue weighted by Gasteiger charge is -2.24. The second-order valence-electron chi connectivity index (χ2n) is 9.65. The van der Waals surface area contributed by atoms with E-state index in [1.54, 1.807) is 17.7 Å². The van der Waals surface area contributed by atoms with Crippen LogP contribution in [0, 0.1) is 16.0 Å². The Kier molecular flexibility index (Phi) is 7.01. The molecule has 3 aromatic carbocycles. The van der Waals surface area contributed by atoms with Crippen LogP contribution in [0.2, 0.25) is 0 Å². The molecule has 0 saturated carbocycles. The summed E-state index contributed by atoms with van der Waals surface area (Å²) in [5.74, 6) is -1.01. The lowest BCUT2D eigenvalue weighted by molar-refractivity contribution is -0.437. The Morgan fingerprint density at radius 1 is 1.07 bits per heavy atom. The van der Waals surface area contributed by atoms with Crippen LogP contribution in [0.3, 0.4) is 0 Å². The second-order valence-corrected chi connectivity index (χ2v) is 10.7. The lowest BCUT2D eigenvalue weighted by Crippen LogP contribution is -2.40. The highest BCUT2D eigenvalue weighted by Gasteiger charge is 2.35. The van der Waals surface area contributed by atoms with Gasteiger partial charge in [-0.05, 0) is 18.6 Å². The Labute approximate surface area is 243 Å². The van der Waals surface area contributed by atoms with Gasteiger partial charge in [0.2, 0.25) is 5.69 Å². The lowest BCUT2D eigenvalue weighted by atomic mass is 9.95. The number of para-hydroxylation sites is 1. The number of methoxy groups -OCH3 is 1. The summed E-state index contributed by atoms with van der Waals surface area (Å²) in [6.07, 6.45) is 3.79. The van der Waals surface area contributed by atoms with Crippen LogP contribution in [0.4, 0.5) is 11.4 Å². The zero-order valence-electron chi connectivity index (χ0n) is 22.6. The summed E-state index contributed by atoms with van der Waals surface area (Å²) in [7, 11) is 1.25. The van der Waals surface area contributed by atoms with Crippen molar-refractivity contribution in [3.8, 4) is 0 Å². The molecule has 0 fully saturated rings. The minimum atomic E-state index is -0.952. The Balaban J connectivity index is 1.53. The zero-order valence-corrected chi connectivity index (χ0v) is 23.4. The SMILES string of the molecule is COC(=O)C1=C(C)N=c2s/c(=C\C3C=[N+](c4ccccc4)N=C3c3ccccc3)c(=O)n2C1c1cccc([N+](=O)[O-])c1. The Hall–Kier alpha value is -5.29. The van der Waals surface area contributed by atoms with Gasteiger partial charge >= 0.3 is 5.97 Å². The van der Waals surface area contributed by atoms with Crippen molar-refractivity contribution in [3.63, 3.8) is 0 Å². The number of nitro benzene ring substituents is 1. The number of carbonyl (C=O) groups is 1. The van der Waals surface area contributed by atoms with Crippen molar-refractivity contribution in [1.29, 1.82) is 0 Å². The molecule has 0 radical (unpaired) electrons. The summed E-state index contributed by atoms with van der Waals surface area (Å²) in [4.78, 5) is 43.0. The van der Waals surface area contributed by atoms with E-state index in [9.17, 15) is 19.7 Å². The fourth-order valence-electron chi connectivity index (χ4n) is 5.14. The molecule has 4 aromatic rings. The molecule has 42 heavy (non-hydrogen) atoms. The molecule has 1 aromatic heterocycles. The number of nitro groups is 1. The van der Waals surface area contributed by atoms with Crippen LogP contribution in [-0.2, 0) is 9.53 Å². The van der Waals surface area contributed by atoms with Crippen LogP contribution in [0.5, 0.6) is 0 Å². The largest absolute Gasteiger partial charge is 0.466 e. The predicted molar refractivity (Wildman–Crippen MR) is 159 cm³/mol. The molecule has 2 atom stereocenters. The molecular weight excluding hydrogens is 554 g/mol. The average Bonchev–Trinajstić information content (AvgIpc) is 3.57. The number of nitrogens with zero attached hydrogens (tertiary/aromatic N) is 5. The molecule has 0 spiro atoms. The number of non-ortho nitro benzene ring substituents is 1. The molecule has 0 N–H and O–H groups in total. The van der Waals surface area contributed by atoms with Crippen LogP contribution in [0.15, 0.2) is 111 Å². The van der Waals surface area contributed by atoms with Gasteiger partial charge in [-0.1, -0.05) is 76.7 Å². The number of benzene rings is 3. The average molecular weight is 579 g/mol. The van der Waals surface area contributed by atoms with E-state index in [-0.39, 0.29) is 22.7 Å². The van der Waals surface area contributed by atoms with Crippen molar-refractivity contribution in [3.05, 3.63) is 137 Å². The normalized spacial score (nSPS) is 18.2. The fraction of sp³-hybridized carbons (Fsp3) is 0.129. The van der Waals surface area contributed by atoms with Gasteiger partial charge in [0.15, 0.2) is 11.0 Å². The van der Waals surface area contributed by atoms with Gasteiger partial charge in [0.25, 0.3) is 11.2 Å². The minimum absolute atomic E-state index is 0.145. The molecule has 208 valence electrons. The van der Waals surface area contributed by atoms with Gasteiger partial charge in [-0.25, -0.2) is 9.79 Å². The van der Waals surface area contributed by atoms with E-state index in [0.717, 1.165) is 17.0 Å². The zero-order chi connectivity index (χ0) is 29.4. The second kappa shape index (κ2) is 10.9. The van der Waals surface area contributed by atoms with E-state index in [0.29, 0.717) is 20.6 Å². The van der Waals surface area contributed by atoms with Gasteiger partial charge in [0.1, 0.15) is 11.6 Å². The predicted octanol–water partition coefficient (Wildman–Crippen LogP) is 3.72. The van der Waals surface area contributed by atoms with Crippen molar-refractivity contribution in [1.82, 2.24) is 4.57 Å².